The quantitative estimate of drug-likeness (QED) is 0.103. The van der Waals surface area contributed by atoms with E-state index in [1.165, 1.54) is 0 Å². The Morgan fingerprint density at radius 2 is 1.77 bits per heavy atom. The molecule has 0 spiro atoms. The first kappa shape index (κ1) is 30.8. The van der Waals surface area contributed by atoms with Crippen LogP contribution in [0.4, 0.5) is 0 Å². The van der Waals surface area contributed by atoms with Crippen molar-refractivity contribution in [3.8, 4) is 17.2 Å². The van der Waals surface area contributed by atoms with Crippen molar-refractivity contribution in [2.75, 3.05) is 46.5 Å². The van der Waals surface area contributed by atoms with Crippen LogP contribution in [0.5, 0.6) is 17.2 Å². The van der Waals surface area contributed by atoms with Crippen LogP contribution in [-0.2, 0) is 9.59 Å². The zero-order valence-electron chi connectivity index (χ0n) is 24.4. The smallest absolute Gasteiger partial charge is 0.295 e. The summed E-state index contributed by atoms with van der Waals surface area (Å²) in [5.41, 5.74) is 1.92. The van der Waals surface area contributed by atoms with Gasteiger partial charge in [0.2, 0.25) is 0 Å². The average molecular weight is 551 g/mol. The minimum atomic E-state index is -0.786. The Balaban J connectivity index is 2.11. The van der Waals surface area contributed by atoms with Crippen LogP contribution in [-0.4, -0.2) is 73.1 Å². The first-order valence-electron chi connectivity index (χ1n) is 14.0. The molecular formula is C32H42N2O6. The van der Waals surface area contributed by atoms with Gasteiger partial charge in [-0.3, -0.25) is 9.59 Å². The number of carbonyl (C=O) groups excluding carboxylic acids is 2. The molecule has 8 heteroatoms. The molecule has 0 aliphatic carbocycles. The van der Waals surface area contributed by atoms with Gasteiger partial charge in [-0.05, 0) is 67.9 Å². The van der Waals surface area contributed by atoms with Gasteiger partial charge in [0.15, 0.2) is 11.5 Å². The predicted octanol–water partition coefficient (Wildman–Crippen LogP) is 5.51. The molecule has 8 nitrogen and oxygen atoms in total. The van der Waals surface area contributed by atoms with E-state index in [0.717, 1.165) is 31.5 Å². The van der Waals surface area contributed by atoms with Crippen molar-refractivity contribution in [3.63, 3.8) is 0 Å². The van der Waals surface area contributed by atoms with Gasteiger partial charge in [-0.1, -0.05) is 45.9 Å². The summed E-state index contributed by atoms with van der Waals surface area (Å²) in [7, 11) is 1.56. The highest BCUT2D eigenvalue weighted by Crippen LogP contribution is 2.42. The van der Waals surface area contributed by atoms with Crippen LogP contribution in [0, 0.1) is 6.92 Å². The number of methoxy groups -OCH3 is 1. The maximum atomic E-state index is 13.5. The zero-order valence-corrected chi connectivity index (χ0v) is 24.4. The van der Waals surface area contributed by atoms with E-state index in [4.69, 9.17) is 14.2 Å². The van der Waals surface area contributed by atoms with Gasteiger partial charge in [-0.2, -0.15) is 0 Å². The monoisotopic (exact) mass is 550 g/mol. The molecule has 2 aromatic rings. The van der Waals surface area contributed by atoms with Gasteiger partial charge in [0, 0.05) is 18.7 Å². The molecular weight excluding hydrogens is 508 g/mol. The molecule has 1 heterocycles. The van der Waals surface area contributed by atoms with E-state index in [-0.39, 0.29) is 11.3 Å². The van der Waals surface area contributed by atoms with Crippen molar-refractivity contribution < 1.29 is 28.9 Å². The number of aryl methyl sites for hydroxylation is 1. The Bertz CT molecular complexity index is 1230. The molecule has 40 heavy (non-hydrogen) atoms. The number of carbonyl (C=O) groups is 2. The van der Waals surface area contributed by atoms with E-state index in [1.54, 1.807) is 48.4 Å². The zero-order chi connectivity index (χ0) is 29.2. The van der Waals surface area contributed by atoms with Gasteiger partial charge in [0.05, 0.1) is 25.3 Å². The number of amides is 1. The molecule has 0 radical (unpaired) electrons. The van der Waals surface area contributed by atoms with Gasteiger partial charge in [-0.25, -0.2) is 0 Å². The maximum absolute atomic E-state index is 13.5. The van der Waals surface area contributed by atoms with Crippen LogP contribution in [0.3, 0.4) is 0 Å². The predicted molar refractivity (Wildman–Crippen MR) is 157 cm³/mol. The Hall–Kier alpha value is -3.78. The van der Waals surface area contributed by atoms with Crippen molar-refractivity contribution in [3.05, 3.63) is 71.3 Å². The minimum absolute atomic E-state index is 0.0467. The standard InChI is InChI=1S/C32H42N2O6/c1-7-11-19-40-26-15-12-23(21-27(26)38-6)29-28(31(36)32(37)34(29)17-16-33(9-3)10-4)30(35)24-13-14-25(22(5)20-24)39-18-8-2/h8,12-15,20-21,29,35H,2,7,9-11,16-19H2,1,3-6H3. The number of ketones is 1. The third-order valence-corrected chi connectivity index (χ3v) is 7.16. The van der Waals surface area contributed by atoms with Crippen LogP contribution in [0.2, 0.25) is 0 Å². The number of benzene rings is 2. The lowest BCUT2D eigenvalue weighted by Crippen LogP contribution is -2.38. The lowest BCUT2D eigenvalue weighted by atomic mass is 9.94. The number of hydrogen-bond donors (Lipinski definition) is 1. The fourth-order valence-corrected chi connectivity index (χ4v) is 4.81. The van der Waals surface area contributed by atoms with E-state index >= 15 is 0 Å². The number of Topliss-reactive ketones (excluding diaryl/α,β-unsaturated/α-hetero) is 1. The molecule has 0 aromatic heterocycles. The van der Waals surface area contributed by atoms with Crippen LogP contribution in [0.15, 0.2) is 54.6 Å². The summed E-state index contributed by atoms with van der Waals surface area (Å²) in [6, 6.07) is 9.80. The van der Waals surface area contributed by atoms with Crippen LogP contribution < -0.4 is 14.2 Å². The molecule has 2 aromatic carbocycles. The normalized spacial score (nSPS) is 16.4. The molecule has 1 N–H and O–H groups in total. The number of rotatable bonds is 15. The average Bonchev–Trinajstić information content (AvgIpc) is 3.22. The molecule has 1 atom stereocenters. The maximum Gasteiger partial charge on any atom is 0.295 e. The number of hydrogen-bond acceptors (Lipinski definition) is 7. The van der Waals surface area contributed by atoms with Gasteiger partial charge < -0.3 is 29.1 Å². The molecule has 1 amide bonds. The SMILES string of the molecule is C=CCOc1ccc(C(O)=C2C(=O)C(=O)N(CCN(CC)CC)C2c2ccc(OCCCC)c(OC)c2)cc1C. The van der Waals surface area contributed by atoms with E-state index in [1.807, 2.05) is 13.0 Å². The topological polar surface area (TPSA) is 88.5 Å². The summed E-state index contributed by atoms with van der Waals surface area (Å²) in [6.07, 6.45) is 3.57. The van der Waals surface area contributed by atoms with E-state index in [0.29, 0.717) is 54.7 Å². The van der Waals surface area contributed by atoms with Crippen molar-refractivity contribution in [1.29, 1.82) is 0 Å². The number of nitrogens with zero attached hydrogens (tertiary/aromatic N) is 2. The highest BCUT2D eigenvalue weighted by atomic mass is 16.5. The molecule has 3 rings (SSSR count). The summed E-state index contributed by atoms with van der Waals surface area (Å²) in [4.78, 5) is 30.6. The fourth-order valence-electron chi connectivity index (χ4n) is 4.81. The van der Waals surface area contributed by atoms with E-state index in [2.05, 4.69) is 32.3 Å². The molecule has 0 saturated carbocycles. The highest BCUT2D eigenvalue weighted by Gasteiger charge is 2.46. The first-order valence-corrected chi connectivity index (χ1v) is 14.0. The Morgan fingerprint density at radius 3 is 2.40 bits per heavy atom. The molecule has 1 aliphatic heterocycles. The number of aliphatic hydroxyl groups is 1. The third kappa shape index (κ3) is 6.86. The van der Waals surface area contributed by atoms with Gasteiger partial charge in [0.25, 0.3) is 11.7 Å². The summed E-state index contributed by atoms with van der Waals surface area (Å²) in [5.74, 6) is 0.163. The fraction of sp³-hybridized carbons (Fsp3) is 0.438. The van der Waals surface area contributed by atoms with Crippen molar-refractivity contribution in [2.45, 2.75) is 46.6 Å². The second-order valence-electron chi connectivity index (χ2n) is 9.71. The van der Waals surface area contributed by atoms with Gasteiger partial charge in [-0.15, -0.1) is 0 Å². The number of likely N-dealkylation sites (tertiary alicyclic amines) is 1. The van der Waals surface area contributed by atoms with E-state index < -0.39 is 17.7 Å². The van der Waals surface area contributed by atoms with Gasteiger partial charge >= 0.3 is 0 Å². The molecule has 1 unspecified atom stereocenters. The van der Waals surface area contributed by atoms with E-state index in [9.17, 15) is 14.7 Å². The minimum Gasteiger partial charge on any atom is -0.507 e. The van der Waals surface area contributed by atoms with Crippen molar-refractivity contribution in [2.24, 2.45) is 0 Å². The van der Waals surface area contributed by atoms with Gasteiger partial charge in [0.1, 0.15) is 18.1 Å². The Morgan fingerprint density at radius 1 is 1.05 bits per heavy atom. The third-order valence-electron chi connectivity index (χ3n) is 7.16. The number of aliphatic hydroxyl groups excluding tert-OH is 1. The summed E-state index contributed by atoms with van der Waals surface area (Å²) in [5, 5.41) is 11.5. The molecule has 0 bridgehead atoms. The second-order valence-corrected chi connectivity index (χ2v) is 9.71. The number of ether oxygens (including phenoxy) is 3. The molecule has 1 fully saturated rings. The van der Waals surface area contributed by atoms with Crippen molar-refractivity contribution >= 4 is 17.4 Å². The van der Waals surface area contributed by atoms with Crippen molar-refractivity contribution in [1.82, 2.24) is 9.80 Å². The molecule has 1 saturated heterocycles. The number of unbranched alkanes of at least 4 members (excludes halogenated alkanes) is 1. The highest BCUT2D eigenvalue weighted by molar-refractivity contribution is 6.46. The summed E-state index contributed by atoms with van der Waals surface area (Å²) < 4.78 is 17.2. The van der Waals surface area contributed by atoms with Crippen LogP contribution >= 0.6 is 0 Å². The second kappa shape index (κ2) is 14.6. The largest absolute Gasteiger partial charge is 0.507 e. The lowest BCUT2D eigenvalue weighted by Gasteiger charge is -2.28. The number of likely N-dealkylation sites (N-methyl/N-ethyl adjacent to an activating group) is 1. The molecule has 1 aliphatic rings. The summed E-state index contributed by atoms with van der Waals surface area (Å²) in [6.45, 7) is 15.2. The Kier molecular flexibility index (Phi) is 11.2. The van der Waals surface area contributed by atoms with Crippen LogP contribution in [0.1, 0.15) is 56.3 Å². The first-order chi connectivity index (χ1) is 19.3. The summed E-state index contributed by atoms with van der Waals surface area (Å²) >= 11 is 0. The molecule has 216 valence electrons. The Labute approximate surface area is 237 Å². The lowest BCUT2D eigenvalue weighted by molar-refractivity contribution is -0.140. The van der Waals surface area contributed by atoms with Crippen LogP contribution in [0.25, 0.3) is 5.76 Å².